The van der Waals surface area contributed by atoms with Gasteiger partial charge in [-0.15, -0.1) is 0 Å². The van der Waals surface area contributed by atoms with Crippen LogP contribution in [0.4, 0.5) is 0 Å². The second-order valence-electron chi connectivity index (χ2n) is 8.13. The number of H-pyrrole nitrogens is 1. The molecule has 0 saturated heterocycles. The average molecular weight is 446 g/mol. The second kappa shape index (κ2) is 17.5. The maximum Gasteiger partial charge on any atom is 0.330 e. The molecule has 0 aliphatic rings. The third-order valence-corrected chi connectivity index (χ3v) is 5.41. The Morgan fingerprint density at radius 3 is 2.30 bits per heavy atom. The number of carbonyl (C=O) groups is 1. The molecule has 3 heteroatoms. The first kappa shape index (κ1) is 26.2. The fourth-order valence-corrected chi connectivity index (χ4v) is 3.56. The molecule has 3 nitrogen and oxygen atoms in total. The van der Waals surface area contributed by atoms with Crippen LogP contribution in [0.5, 0.6) is 0 Å². The molecule has 0 aliphatic heterocycles. The maximum absolute atomic E-state index is 11.8. The van der Waals surface area contributed by atoms with Gasteiger partial charge < -0.3 is 9.72 Å². The zero-order valence-electron chi connectivity index (χ0n) is 20.0. The molecule has 1 heterocycles. The topological polar surface area (TPSA) is 42.1 Å². The van der Waals surface area contributed by atoms with Gasteiger partial charge in [-0.2, -0.15) is 0 Å². The first-order chi connectivity index (χ1) is 16.3. The molecular weight excluding hydrogens is 406 g/mol. The minimum atomic E-state index is -0.325. The Morgan fingerprint density at radius 2 is 1.52 bits per heavy atom. The second-order valence-corrected chi connectivity index (χ2v) is 8.13. The summed E-state index contributed by atoms with van der Waals surface area (Å²) < 4.78 is 5.28. The van der Waals surface area contributed by atoms with Gasteiger partial charge in [0.1, 0.15) is 0 Å². The highest BCUT2D eigenvalue weighted by molar-refractivity contribution is 5.83. The summed E-state index contributed by atoms with van der Waals surface area (Å²) >= 11 is 0. The monoisotopic (exact) mass is 445 g/mol. The van der Waals surface area contributed by atoms with E-state index < -0.39 is 0 Å². The molecule has 0 fully saturated rings. The third kappa shape index (κ3) is 11.9. The molecule has 0 amide bonds. The summed E-state index contributed by atoms with van der Waals surface area (Å²) in [7, 11) is 0. The van der Waals surface area contributed by atoms with Gasteiger partial charge in [0.05, 0.1) is 6.61 Å². The number of carbonyl (C=O) groups excluding carboxylic acids is 1. The van der Waals surface area contributed by atoms with Crippen molar-refractivity contribution in [1.82, 2.24) is 4.98 Å². The summed E-state index contributed by atoms with van der Waals surface area (Å²) in [6.07, 6.45) is 32.5. The van der Waals surface area contributed by atoms with Crippen LogP contribution in [0, 0.1) is 0 Å². The summed E-state index contributed by atoms with van der Waals surface area (Å²) in [6.45, 7) is 2.63. The van der Waals surface area contributed by atoms with E-state index in [1.165, 1.54) is 56.4 Å². The Morgan fingerprint density at radius 1 is 0.848 bits per heavy atom. The Hall–Kier alpha value is -3.07. The summed E-state index contributed by atoms with van der Waals surface area (Å²) in [6, 6.07) is 8.13. The van der Waals surface area contributed by atoms with Crippen LogP contribution < -0.4 is 0 Å². The highest BCUT2D eigenvalue weighted by atomic mass is 16.5. The number of hydrogen-bond acceptors (Lipinski definition) is 2. The number of fused-ring (bicyclic) bond motifs is 1. The number of nitrogens with one attached hydrogen (secondary N) is 1. The van der Waals surface area contributed by atoms with Gasteiger partial charge in [-0.25, -0.2) is 4.79 Å². The minimum Gasteiger partial charge on any atom is -0.462 e. The Kier molecular flexibility index (Phi) is 13.9. The average Bonchev–Trinajstić information content (AvgIpc) is 3.24. The lowest BCUT2D eigenvalue weighted by atomic mass is 10.1. The molecule has 0 bridgehead atoms. The molecule has 176 valence electrons. The number of unbranched alkanes of at least 4 members (excludes halogenated alkanes) is 7. The van der Waals surface area contributed by atoms with Gasteiger partial charge in [0.2, 0.25) is 0 Å². The molecule has 0 atom stereocenters. The largest absolute Gasteiger partial charge is 0.462 e. The molecule has 0 spiro atoms. The van der Waals surface area contributed by atoms with Gasteiger partial charge in [0.25, 0.3) is 0 Å². The molecule has 2 aromatic rings. The molecule has 1 aromatic carbocycles. The van der Waals surface area contributed by atoms with Gasteiger partial charge in [0, 0.05) is 29.6 Å². The van der Waals surface area contributed by atoms with Crippen LogP contribution in [0.15, 0.2) is 91.2 Å². The van der Waals surface area contributed by atoms with Crippen molar-refractivity contribution in [1.29, 1.82) is 0 Å². The smallest absolute Gasteiger partial charge is 0.330 e. The van der Waals surface area contributed by atoms with Crippen LogP contribution in [0.1, 0.15) is 63.9 Å². The van der Waals surface area contributed by atoms with Gasteiger partial charge in [0.15, 0.2) is 0 Å². The highest BCUT2D eigenvalue weighted by Gasteiger charge is 2.03. The minimum absolute atomic E-state index is 0.325. The van der Waals surface area contributed by atoms with Crippen molar-refractivity contribution >= 4 is 16.9 Å². The van der Waals surface area contributed by atoms with E-state index in [2.05, 4.69) is 30.1 Å². The summed E-state index contributed by atoms with van der Waals surface area (Å²) in [5.41, 5.74) is 2.26. The number of ether oxygens (including phenoxy) is 1. The molecule has 33 heavy (non-hydrogen) atoms. The molecule has 0 aliphatic carbocycles. The molecule has 0 unspecified atom stereocenters. The Balaban J connectivity index is 1.50. The molecule has 0 saturated carbocycles. The van der Waals surface area contributed by atoms with E-state index in [1.54, 1.807) is 6.08 Å². The van der Waals surface area contributed by atoms with Crippen molar-refractivity contribution in [3.05, 3.63) is 96.8 Å². The van der Waals surface area contributed by atoms with Crippen molar-refractivity contribution in [2.24, 2.45) is 0 Å². The van der Waals surface area contributed by atoms with E-state index in [0.717, 1.165) is 17.5 Å². The lowest BCUT2D eigenvalue weighted by molar-refractivity contribution is -0.137. The zero-order chi connectivity index (χ0) is 23.4. The predicted octanol–water partition coefficient (Wildman–Crippen LogP) is 8.18. The maximum atomic E-state index is 11.8. The SMILES string of the molecule is CCCCCCCCCC=CC=CC=CC=CC=CC(=O)OCCc1c[nH]c2ccccc12. The van der Waals surface area contributed by atoms with E-state index in [0.29, 0.717) is 13.0 Å². The predicted molar refractivity (Wildman–Crippen MR) is 141 cm³/mol. The summed E-state index contributed by atoms with van der Waals surface area (Å²) in [5, 5.41) is 1.18. The van der Waals surface area contributed by atoms with Crippen LogP contribution in [-0.4, -0.2) is 17.6 Å². The van der Waals surface area contributed by atoms with Crippen LogP contribution in [0.3, 0.4) is 0 Å². The number of aromatic nitrogens is 1. The number of para-hydroxylation sites is 1. The molecular formula is C30H39NO2. The van der Waals surface area contributed by atoms with E-state index >= 15 is 0 Å². The number of aromatic amines is 1. The van der Waals surface area contributed by atoms with Crippen LogP contribution in [0.2, 0.25) is 0 Å². The fraction of sp³-hybridized carbons (Fsp3) is 0.367. The molecule has 0 radical (unpaired) electrons. The third-order valence-electron chi connectivity index (χ3n) is 5.41. The lowest BCUT2D eigenvalue weighted by Gasteiger charge is -2.01. The van der Waals surface area contributed by atoms with Crippen molar-refractivity contribution in [3.63, 3.8) is 0 Å². The number of esters is 1. The number of benzene rings is 1. The van der Waals surface area contributed by atoms with Gasteiger partial charge >= 0.3 is 5.97 Å². The normalized spacial score (nSPS) is 12.5. The Bertz CT molecular complexity index is 943. The van der Waals surface area contributed by atoms with Crippen LogP contribution in [0.25, 0.3) is 10.9 Å². The molecule has 2 rings (SSSR count). The standard InChI is InChI=1S/C30H39NO2/c1-2-3-4-5-6-7-8-9-10-11-12-13-14-15-16-17-18-23-30(32)33-25-24-27-26-31-29-22-20-19-21-28(27)29/h10-23,26,31H,2-9,24-25H2,1H3. The van der Waals surface area contributed by atoms with Crippen LogP contribution in [-0.2, 0) is 16.0 Å². The highest BCUT2D eigenvalue weighted by Crippen LogP contribution is 2.18. The van der Waals surface area contributed by atoms with E-state index in [9.17, 15) is 4.79 Å². The van der Waals surface area contributed by atoms with Crippen LogP contribution >= 0.6 is 0 Å². The fourth-order valence-electron chi connectivity index (χ4n) is 3.56. The first-order valence-electron chi connectivity index (χ1n) is 12.4. The van der Waals surface area contributed by atoms with Crippen molar-refractivity contribution in [2.75, 3.05) is 6.61 Å². The van der Waals surface area contributed by atoms with E-state index in [-0.39, 0.29) is 5.97 Å². The number of allylic oxidation sites excluding steroid dienone is 9. The Labute approximate surface area is 199 Å². The number of hydrogen-bond donors (Lipinski definition) is 1. The zero-order valence-corrected chi connectivity index (χ0v) is 20.0. The van der Waals surface area contributed by atoms with Crippen molar-refractivity contribution in [3.8, 4) is 0 Å². The quantitative estimate of drug-likeness (QED) is 0.122. The van der Waals surface area contributed by atoms with Gasteiger partial charge in [-0.3, -0.25) is 0 Å². The van der Waals surface area contributed by atoms with Gasteiger partial charge in [-0.05, 0) is 24.5 Å². The summed E-state index contributed by atoms with van der Waals surface area (Å²) in [4.78, 5) is 15.0. The lowest BCUT2D eigenvalue weighted by Crippen LogP contribution is -2.04. The molecule has 1 N–H and O–H groups in total. The van der Waals surface area contributed by atoms with Crippen molar-refractivity contribution < 1.29 is 9.53 Å². The van der Waals surface area contributed by atoms with Crippen molar-refractivity contribution in [2.45, 2.75) is 64.7 Å². The summed E-state index contributed by atoms with van der Waals surface area (Å²) in [5.74, 6) is -0.325. The van der Waals surface area contributed by atoms with E-state index in [4.69, 9.17) is 4.74 Å². The van der Waals surface area contributed by atoms with Gasteiger partial charge in [-0.1, -0.05) is 118 Å². The number of rotatable bonds is 16. The molecule has 1 aromatic heterocycles. The first-order valence-corrected chi connectivity index (χ1v) is 12.4. The van der Waals surface area contributed by atoms with E-state index in [1.807, 2.05) is 60.9 Å².